The highest BCUT2D eigenvalue weighted by atomic mass is 19.4. The maximum atomic E-state index is 12.5. The Morgan fingerprint density at radius 2 is 1.48 bits per heavy atom. The average molecular weight is 312 g/mol. The maximum Gasteiger partial charge on any atom is 0.409 e. The SMILES string of the molecule is Oc1ccc(-c2noc(C(C(F)(F)F)C(F)(F)F)n2)cc1. The molecule has 0 aliphatic rings. The van der Waals surface area contributed by atoms with Crippen molar-refractivity contribution >= 4 is 0 Å². The molecule has 2 aromatic rings. The maximum absolute atomic E-state index is 12.5. The molecule has 4 nitrogen and oxygen atoms in total. The minimum absolute atomic E-state index is 0.103. The van der Waals surface area contributed by atoms with E-state index in [0.717, 1.165) is 0 Å². The zero-order valence-electron chi connectivity index (χ0n) is 9.90. The molecule has 1 aromatic carbocycles. The van der Waals surface area contributed by atoms with Crippen molar-refractivity contribution < 1.29 is 36.0 Å². The highest BCUT2D eigenvalue weighted by Crippen LogP contribution is 2.45. The summed E-state index contributed by atoms with van der Waals surface area (Å²) >= 11 is 0. The zero-order valence-corrected chi connectivity index (χ0v) is 9.90. The topological polar surface area (TPSA) is 59.2 Å². The van der Waals surface area contributed by atoms with Crippen molar-refractivity contribution in [3.8, 4) is 17.1 Å². The molecule has 0 fully saturated rings. The van der Waals surface area contributed by atoms with Crippen LogP contribution < -0.4 is 0 Å². The lowest BCUT2D eigenvalue weighted by Crippen LogP contribution is -2.34. The number of halogens is 6. The molecule has 1 N–H and O–H groups in total. The van der Waals surface area contributed by atoms with Crippen molar-refractivity contribution in [2.75, 3.05) is 0 Å². The van der Waals surface area contributed by atoms with Gasteiger partial charge in [0.2, 0.25) is 17.6 Å². The molecule has 10 heteroatoms. The lowest BCUT2D eigenvalue weighted by molar-refractivity contribution is -0.259. The minimum atomic E-state index is -5.60. The molecule has 1 aromatic heterocycles. The number of nitrogens with zero attached hydrogens (tertiary/aromatic N) is 2. The van der Waals surface area contributed by atoms with Crippen LogP contribution in [0.4, 0.5) is 26.3 Å². The number of rotatable bonds is 2. The van der Waals surface area contributed by atoms with Crippen LogP contribution in [0.15, 0.2) is 28.8 Å². The number of phenols is 1. The summed E-state index contributed by atoms with van der Waals surface area (Å²) in [5.74, 6) is -6.00. The number of alkyl halides is 6. The largest absolute Gasteiger partial charge is 0.508 e. The zero-order chi connectivity index (χ0) is 15.8. The first-order chi connectivity index (χ1) is 9.59. The standard InChI is InChI=1S/C11H6F6N2O2/c12-10(13,14)7(11(15,16)17)9-18-8(19-21-9)5-1-3-6(20)4-2-5/h1-4,7,20H. The normalized spacial score (nSPS) is 12.9. The Morgan fingerprint density at radius 1 is 0.952 bits per heavy atom. The van der Waals surface area contributed by atoms with Crippen LogP contribution in [0, 0.1) is 0 Å². The van der Waals surface area contributed by atoms with E-state index in [2.05, 4.69) is 14.7 Å². The van der Waals surface area contributed by atoms with E-state index in [1.165, 1.54) is 24.3 Å². The fourth-order valence-corrected chi connectivity index (χ4v) is 1.55. The molecular weight excluding hydrogens is 306 g/mol. The third-order valence-electron chi connectivity index (χ3n) is 2.47. The molecule has 0 aliphatic carbocycles. The molecule has 21 heavy (non-hydrogen) atoms. The van der Waals surface area contributed by atoms with E-state index < -0.39 is 30.0 Å². The summed E-state index contributed by atoms with van der Waals surface area (Å²) in [7, 11) is 0. The Hall–Kier alpha value is -2.26. The summed E-state index contributed by atoms with van der Waals surface area (Å²) in [6, 6.07) is 4.80. The van der Waals surface area contributed by atoms with Crippen LogP contribution in [-0.4, -0.2) is 27.6 Å². The van der Waals surface area contributed by atoms with Gasteiger partial charge >= 0.3 is 12.4 Å². The van der Waals surface area contributed by atoms with Gasteiger partial charge in [-0.25, -0.2) is 0 Å². The summed E-state index contributed by atoms with van der Waals surface area (Å²) in [5, 5.41) is 12.1. The van der Waals surface area contributed by atoms with Crippen LogP contribution in [-0.2, 0) is 0 Å². The van der Waals surface area contributed by atoms with Crippen LogP contribution >= 0.6 is 0 Å². The number of aromatic nitrogens is 2. The number of hydrogen-bond donors (Lipinski definition) is 1. The van der Waals surface area contributed by atoms with Gasteiger partial charge in [-0.15, -0.1) is 0 Å². The van der Waals surface area contributed by atoms with E-state index in [0.29, 0.717) is 0 Å². The van der Waals surface area contributed by atoms with Crippen molar-refractivity contribution in [2.45, 2.75) is 18.3 Å². The Kier molecular flexibility index (Phi) is 3.56. The van der Waals surface area contributed by atoms with Gasteiger partial charge in [0.05, 0.1) is 0 Å². The molecule has 114 valence electrons. The minimum Gasteiger partial charge on any atom is -0.508 e. The third-order valence-corrected chi connectivity index (χ3v) is 2.47. The number of phenolic OH excluding ortho intramolecular Hbond substituents is 1. The quantitative estimate of drug-likeness (QED) is 0.860. The molecule has 0 saturated carbocycles. The number of aromatic hydroxyl groups is 1. The van der Waals surface area contributed by atoms with E-state index >= 15 is 0 Å². The first-order valence-electron chi connectivity index (χ1n) is 5.35. The summed E-state index contributed by atoms with van der Waals surface area (Å²) in [6.45, 7) is 0. The molecule has 0 saturated heterocycles. The highest BCUT2D eigenvalue weighted by molar-refractivity contribution is 5.55. The van der Waals surface area contributed by atoms with Gasteiger partial charge in [0, 0.05) is 5.56 Å². The smallest absolute Gasteiger partial charge is 0.409 e. The van der Waals surface area contributed by atoms with Crippen LogP contribution in [0.25, 0.3) is 11.4 Å². The van der Waals surface area contributed by atoms with Crippen LogP contribution in [0.2, 0.25) is 0 Å². The van der Waals surface area contributed by atoms with E-state index in [9.17, 15) is 26.3 Å². The summed E-state index contributed by atoms with van der Waals surface area (Å²) in [5.41, 5.74) is 0.103. The Labute approximate surface area is 113 Å². The molecular formula is C11H6F6N2O2. The van der Waals surface area contributed by atoms with Gasteiger partial charge in [-0.1, -0.05) is 5.16 Å². The van der Waals surface area contributed by atoms with E-state index in [4.69, 9.17) is 5.11 Å². The van der Waals surface area contributed by atoms with Gasteiger partial charge in [0.15, 0.2) is 0 Å². The lowest BCUT2D eigenvalue weighted by Gasteiger charge is -2.18. The van der Waals surface area contributed by atoms with Gasteiger partial charge in [0.1, 0.15) is 5.75 Å². The van der Waals surface area contributed by atoms with Crippen molar-refractivity contribution in [3.05, 3.63) is 30.2 Å². The Balaban J connectivity index is 2.40. The molecule has 2 rings (SSSR count). The number of hydrogen-bond acceptors (Lipinski definition) is 4. The Bertz CT molecular complexity index is 603. The molecule has 0 bridgehead atoms. The molecule has 0 amide bonds. The molecule has 0 spiro atoms. The van der Waals surface area contributed by atoms with Gasteiger partial charge in [-0.05, 0) is 24.3 Å². The van der Waals surface area contributed by atoms with Crippen molar-refractivity contribution in [1.29, 1.82) is 0 Å². The van der Waals surface area contributed by atoms with Crippen LogP contribution in [0.1, 0.15) is 11.8 Å². The van der Waals surface area contributed by atoms with Gasteiger partial charge in [-0.2, -0.15) is 31.3 Å². The first kappa shape index (κ1) is 15.1. The van der Waals surface area contributed by atoms with Crippen LogP contribution in [0.3, 0.4) is 0 Å². The van der Waals surface area contributed by atoms with Crippen molar-refractivity contribution in [3.63, 3.8) is 0 Å². The fraction of sp³-hybridized carbons (Fsp3) is 0.273. The van der Waals surface area contributed by atoms with E-state index in [1.54, 1.807) is 0 Å². The lowest BCUT2D eigenvalue weighted by atomic mass is 10.1. The van der Waals surface area contributed by atoms with Crippen molar-refractivity contribution in [1.82, 2.24) is 10.1 Å². The van der Waals surface area contributed by atoms with Gasteiger partial charge in [-0.3, -0.25) is 0 Å². The monoisotopic (exact) mass is 312 g/mol. The van der Waals surface area contributed by atoms with Gasteiger partial charge in [0.25, 0.3) is 0 Å². The van der Waals surface area contributed by atoms with Crippen molar-refractivity contribution in [2.24, 2.45) is 0 Å². The second-order valence-corrected chi connectivity index (χ2v) is 4.02. The molecule has 0 radical (unpaired) electrons. The van der Waals surface area contributed by atoms with E-state index in [1.807, 2.05) is 0 Å². The second-order valence-electron chi connectivity index (χ2n) is 4.02. The van der Waals surface area contributed by atoms with E-state index in [-0.39, 0.29) is 11.3 Å². The van der Waals surface area contributed by atoms with Crippen LogP contribution in [0.5, 0.6) is 5.75 Å². The third kappa shape index (κ3) is 3.26. The summed E-state index contributed by atoms with van der Waals surface area (Å²) < 4.78 is 79.0. The molecule has 0 aliphatic heterocycles. The highest BCUT2D eigenvalue weighted by Gasteiger charge is 2.60. The summed E-state index contributed by atoms with van der Waals surface area (Å²) in [4.78, 5) is 3.14. The summed E-state index contributed by atoms with van der Waals surface area (Å²) in [6.07, 6.45) is -11.2. The molecule has 0 unspecified atom stereocenters. The molecule has 0 atom stereocenters. The average Bonchev–Trinajstić information content (AvgIpc) is 2.75. The Morgan fingerprint density at radius 3 is 1.95 bits per heavy atom. The predicted molar refractivity (Wildman–Crippen MR) is 56.2 cm³/mol. The second kappa shape index (κ2) is 4.93. The fourth-order valence-electron chi connectivity index (χ4n) is 1.55. The predicted octanol–water partition coefficient (Wildman–Crippen LogP) is 3.65. The number of benzene rings is 1. The van der Waals surface area contributed by atoms with Gasteiger partial charge < -0.3 is 9.63 Å². The first-order valence-corrected chi connectivity index (χ1v) is 5.35. The molecule has 1 heterocycles.